The van der Waals surface area contributed by atoms with Gasteiger partial charge >= 0.3 is 0 Å². The van der Waals surface area contributed by atoms with Crippen LogP contribution in [0.1, 0.15) is 36.8 Å². The van der Waals surface area contributed by atoms with E-state index in [1.165, 1.54) is 5.56 Å². The molecule has 1 heterocycles. The lowest BCUT2D eigenvalue weighted by atomic mass is 9.55. The van der Waals surface area contributed by atoms with Gasteiger partial charge in [-0.25, -0.2) is 0 Å². The third-order valence-corrected chi connectivity index (χ3v) is 6.52. The van der Waals surface area contributed by atoms with Gasteiger partial charge in [0.05, 0.1) is 23.9 Å². The van der Waals surface area contributed by atoms with Crippen molar-refractivity contribution in [1.82, 2.24) is 0 Å². The molecule has 1 fully saturated rings. The van der Waals surface area contributed by atoms with E-state index >= 15 is 0 Å². The van der Waals surface area contributed by atoms with Crippen LogP contribution >= 0.6 is 11.8 Å². The Labute approximate surface area is 158 Å². The summed E-state index contributed by atoms with van der Waals surface area (Å²) in [4.78, 5) is 0. The van der Waals surface area contributed by atoms with E-state index in [1.807, 2.05) is 30.3 Å². The molecule has 0 bridgehead atoms. The first-order chi connectivity index (χ1) is 12.5. The molecule has 1 aliphatic heterocycles. The van der Waals surface area contributed by atoms with Gasteiger partial charge in [0.2, 0.25) is 0 Å². The minimum Gasteiger partial charge on any atom is -0.305 e. The lowest BCUT2D eigenvalue weighted by Gasteiger charge is -2.45. The minimum atomic E-state index is -1.60. The van der Waals surface area contributed by atoms with Crippen LogP contribution in [0.5, 0.6) is 0 Å². The third-order valence-electron chi connectivity index (χ3n) is 5.52. The highest BCUT2D eigenvalue weighted by molar-refractivity contribution is 7.99. The van der Waals surface area contributed by atoms with E-state index in [0.29, 0.717) is 5.92 Å². The number of thioether (sulfide) groups is 1. The van der Waals surface area contributed by atoms with Gasteiger partial charge in [0, 0.05) is 23.3 Å². The number of nitrogens with zero attached hydrogens (tertiary/aromatic N) is 3. The van der Waals surface area contributed by atoms with Crippen LogP contribution < -0.4 is 0 Å². The zero-order chi connectivity index (χ0) is 18.9. The molecule has 2 aliphatic rings. The molecular formula is C21H20N4S. The quantitative estimate of drug-likeness (QED) is 0.791. The van der Waals surface area contributed by atoms with Gasteiger partial charge in [-0.2, -0.15) is 27.5 Å². The van der Waals surface area contributed by atoms with Crippen molar-refractivity contribution in [3.63, 3.8) is 0 Å². The SMILES string of the molecule is CC(C)c1ccc([C@H]2[C@@H]3CSCC=C3[C@H](C#N)C(=N)C2(C#N)C#N)cc1. The number of rotatable bonds is 2. The minimum absolute atomic E-state index is 0.0719. The molecule has 1 aliphatic carbocycles. The van der Waals surface area contributed by atoms with Crippen molar-refractivity contribution in [1.29, 1.82) is 21.2 Å². The molecule has 0 radical (unpaired) electrons. The molecule has 1 aromatic rings. The molecule has 0 unspecified atom stereocenters. The molecule has 3 atom stereocenters. The number of allylic oxidation sites excluding steroid dienone is 1. The third kappa shape index (κ3) is 2.63. The molecule has 1 N–H and O–H groups in total. The Bertz CT molecular complexity index is 863. The van der Waals surface area contributed by atoms with E-state index < -0.39 is 17.3 Å². The van der Waals surface area contributed by atoms with Gasteiger partial charge in [-0.15, -0.1) is 0 Å². The Morgan fingerprint density at radius 2 is 1.81 bits per heavy atom. The second kappa shape index (κ2) is 6.99. The fraction of sp³-hybridized carbons (Fsp3) is 0.429. The maximum atomic E-state index is 9.94. The Kier molecular flexibility index (Phi) is 4.90. The van der Waals surface area contributed by atoms with Gasteiger partial charge < -0.3 is 5.41 Å². The van der Waals surface area contributed by atoms with Crippen molar-refractivity contribution in [3.8, 4) is 18.2 Å². The summed E-state index contributed by atoms with van der Waals surface area (Å²) in [6.45, 7) is 4.24. The van der Waals surface area contributed by atoms with Crippen molar-refractivity contribution >= 4 is 17.5 Å². The predicted octanol–water partition coefficient (Wildman–Crippen LogP) is 4.39. The standard InChI is InChI=1S/C21H20N4S/c1-13(2)14-3-5-15(6-4-14)19-18-10-26-8-7-16(18)17(9-22)20(25)21(19,11-23)12-24/h3-7,13,17-19,25H,8,10H2,1-2H3/t17-,18+,19-/m0/s1. The van der Waals surface area contributed by atoms with Gasteiger partial charge in [0.15, 0.2) is 5.41 Å². The van der Waals surface area contributed by atoms with Crippen LogP contribution in [0.15, 0.2) is 35.9 Å². The highest BCUT2D eigenvalue weighted by atomic mass is 32.2. The molecular weight excluding hydrogens is 340 g/mol. The molecule has 130 valence electrons. The summed E-state index contributed by atoms with van der Waals surface area (Å²) >= 11 is 1.75. The first-order valence-electron chi connectivity index (χ1n) is 8.68. The summed E-state index contributed by atoms with van der Waals surface area (Å²) in [6.07, 6.45) is 2.02. The molecule has 3 rings (SSSR count). The fourth-order valence-electron chi connectivity index (χ4n) is 4.08. The molecule has 26 heavy (non-hydrogen) atoms. The lowest BCUT2D eigenvalue weighted by Crippen LogP contribution is -2.49. The second-order valence-electron chi connectivity index (χ2n) is 7.15. The van der Waals surface area contributed by atoms with Crippen LogP contribution in [-0.4, -0.2) is 17.2 Å². The largest absolute Gasteiger partial charge is 0.305 e. The average Bonchev–Trinajstić information content (AvgIpc) is 2.67. The molecule has 0 saturated heterocycles. The Hall–Kier alpha value is -2.55. The molecule has 0 spiro atoms. The summed E-state index contributed by atoms with van der Waals surface area (Å²) < 4.78 is 0. The van der Waals surface area contributed by atoms with E-state index in [9.17, 15) is 15.8 Å². The summed E-state index contributed by atoms with van der Waals surface area (Å²) in [5.74, 6) is 0.702. The monoisotopic (exact) mass is 360 g/mol. The molecule has 0 aromatic heterocycles. The van der Waals surface area contributed by atoms with Gasteiger partial charge in [0.1, 0.15) is 5.92 Å². The maximum absolute atomic E-state index is 9.94. The Morgan fingerprint density at radius 1 is 1.15 bits per heavy atom. The summed E-state index contributed by atoms with van der Waals surface area (Å²) in [5, 5.41) is 38.1. The van der Waals surface area contributed by atoms with Gasteiger partial charge in [0.25, 0.3) is 0 Å². The van der Waals surface area contributed by atoms with Crippen LogP contribution in [0.4, 0.5) is 0 Å². The predicted molar refractivity (Wildman–Crippen MR) is 103 cm³/mol. The lowest BCUT2D eigenvalue weighted by molar-refractivity contribution is 0.378. The second-order valence-corrected chi connectivity index (χ2v) is 8.23. The number of fused-ring (bicyclic) bond motifs is 1. The number of benzene rings is 1. The van der Waals surface area contributed by atoms with Crippen molar-refractivity contribution < 1.29 is 0 Å². The first-order valence-corrected chi connectivity index (χ1v) is 9.84. The van der Waals surface area contributed by atoms with Crippen molar-refractivity contribution in [3.05, 3.63) is 47.0 Å². The fourth-order valence-corrected chi connectivity index (χ4v) is 5.16. The normalized spacial score (nSPS) is 26.8. The Morgan fingerprint density at radius 3 is 2.35 bits per heavy atom. The number of hydrogen-bond donors (Lipinski definition) is 1. The highest BCUT2D eigenvalue weighted by Gasteiger charge is 2.57. The van der Waals surface area contributed by atoms with E-state index in [4.69, 9.17) is 5.41 Å². The molecule has 1 saturated carbocycles. The van der Waals surface area contributed by atoms with Crippen molar-refractivity contribution in [2.24, 2.45) is 17.3 Å². The van der Waals surface area contributed by atoms with Crippen molar-refractivity contribution in [2.75, 3.05) is 11.5 Å². The zero-order valence-electron chi connectivity index (χ0n) is 14.9. The maximum Gasteiger partial charge on any atom is 0.189 e. The van der Waals surface area contributed by atoms with Crippen molar-refractivity contribution in [2.45, 2.75) is 25.7 Å². The topological polar surface area (TPSA) is 95.2 Å². The molecule has 1 aromatic carbocycles. The van der Waals surface area contributed by atoms with E-state index in [0.717, 1.165) is 22.6 Å². The van der Waals surface area contributed by atoms with Crippen LogP contribution in [0.2, 0.25) is 0 Å². The smallest absolute Gasteiger partial charge is 0.189 e. The molecule has 0 amide bonds. The van der Waals surface area contributed by atoms with E-state index in [2.05, 4.69) is 32.1 Å². The zero-order valence-corrected chi connectivity index (χ0v) is 15.7. The molecule has 4 nitrogen and oxygen atoms in total. The van der Waals surface area contributed by atoms with Gasteiger partial charge in [-0.05, 0) is 22.6 Å². The average molecular weight is 360 g/mol. The number of hydrogen-bond acceptors (Lipinski definition) is 5. The first kappa shape index (κ1) is 18.2. The summed E-state index contributed by atoms with van der Waals surface area (Å²) in [7, 11) is 0. The van der Waals surface area contributed by atoms with Crippen LogP contribution in [0.3, 0.4) is 0 Å². The van der Waals surface area contributed by atoms with Crippen LogP contribution in [0.25, 0.3) is 0 Å². The number of nitrogens with one attached hydrogen (secondary N) is 1. The number of nitriles is 3. The van der Waals surface area contributed by atoms with Crippen LogP contribution in [-0.2, 0) is 0 Å². The summed E-state index contributed by atoms with van der Waals surface area (Å²) in [5.41, 5.74) is 1.34. The van der Waals surface area contributed by atoms with Crippen LogP contribution in [0, 0.1) is 56.7 Å². The van der Waals surface area contributed by atoms with E-state index in [-0.39, 0.29) is 11.6 Å². The highest BCUT2D eigenvalue weighted by Crippen LogP contribution is 2.54. The van der Waals surface area contributed by atoms with E-state index in [1.54, 1.807) is 11.8 Å². The van der Waals surface area contributed by atoms with Gasteiger partial charge in [-0.3, -0.25) is 0 Å². The van der Waals surface area contributed by atoms with Gasteiger partial charge in [-0.1, -0.05) is 44.2 Å². The molecule has 5 heteroatoms. The Balaban J connectivity index is 2.19. The summed E-state index contributed by atoms with van der Waals surface area (Å²) in [6, 6.07) is 14.5.